The summed E-state index contributed by atoms with van der Waals surface area (Å²) in [6.07, 6.45) is 2.97. The van der Waals surface area contributed by atoms with Crippen molar-refractivity contribution in [2.24, 2.45) is 0 Å². The minimum absolute atomic E-state index is 0.00962. The van der Waals surface area contributed by atoms with Crippen molar-refractivity contribution in [2.45, 2.75) is 12.8 Å². The van der Waals surface area contributed by atoms with Gasteiger partial charge in [0.2, 0.25) is 0 Å². The Morgan fingerprint density at radius 2 is 2.12 bits per heavy atom. The van der Waals surface area contributed by atoms with E-state index in [0.717, 1.165) is 6.07 Å². The van der Waals surface area contributed by atoms with Crippen molar-refractivity contribution in [3.63, 3.8) is 0 Å². The number of carboxylic acids is 1. The maximum Gasteiger partial charge on any atom is 0.303 e. The third kappa shape index (κ3) is 3.62. The van der Waals surface area contributed by atoms with E-state index in [1.165, 1.54) is 18.2 Å². The summed E-state index contributed by atoms with van der Waals surface area (Å²) in [5.74, 6) is -2.95. The molecule has 5 heteroatoms. The van der Waals surface area contributed by atoms with Gasteiger partial charge >= 0.3 is 5.97 Å². The summed E-state index contributed by atoms with van der Waals surface area (Å²) in [6.45, 7) is 0. The maximum absolute atomic E-state index is 13.2. The van der Waals surface area contributed by atoms with E-state index < -0.39 is 17.6 Å². The predicted octanol–water partition coefficient (Wildman–Crippen LogP) is 3.50. The average molecular weight is 247 g/mol. The van der Waals surface area contributed by atoms with Gasteiger partial charge in [0.25, 0.3) is 0 Å². The summed E-state index contributed by atoms with van der Waals surface area (Å²) < 4.78 is 26.1. The zero-order valence-corrected chi connectivity index (χ0v) is 8.97. The molecule has 1 N–H and O–H groups in total. The third-order valence-corrected chi connectivity index (χ3v) is 2.06. The van der Waals surface area contributed by atoms with Crippen LogP contribution in [-0.2, 0) is 4.79 Å². The number of hydrogen-bond acceptors (Lipinski definition) is 1. The molecule has 0 aliphatic rings. The lowest BCUT2D eigenvalue weighted by Crippen LogP contribution is -1.92. The Labute approximate surface area is 96.2 Å². The van der Waals surface area contributed by atoms with Gasteiger partial charge in [-0.1, -0.05) is 23.8 Å². The number of benzene rings is 1. The van der Waals surface area contributed by atoms with Gasteiger partial charge in [-0.05, 0) is 18.6 Å². The molecule has 0 bridgehead atoms. The maximum atomic E-state index is 13.2. The molecular formula is C11H9ClF2O2. The zero-order valence-electron chi connectivity index (χ0n) is 8.21. The fourth-order valence-electron chi connectivity index (χ4n) is 1.11. The minimum atomic E-state index is -1.02. The Morgan fingerprint density at radius 3 is 2.75 bits per heavy atom. The predicted molar refractivity (Wildman–Crippen MR) is 57.3 cm³/mol. The van der Waals surface area contributed by atoms with Gasteiger partial charge in [0, 0.05) is 17.0 Å². The number of aliphatic carboxylic acids is 1. The Hall–Kier alpha value is -1.42. The third-order valence-electron chi connectivity index (χ3n) is 1.84. The monoisotopic (exact) mass is 246 g/mol. The molecule has 0 heterocycles. The molecule has 2 nitrogen and oxygen atoms in total. The number of carbonyl (C=O) groups is 1. The number of hydrogen-bond donors (Lipinski definition) is 1. The fraction of sp³-hybridized carbons (Fsp3) is 0.182. The van der Waals surface area contributed by atoms with Crippen LogP contribution in [0, 0.1) is 11.6 Å². The van der Waals surface area contributed by atoms with Crippen molar-refractivity contribution < 1.29 is 18.7 Å². The number of carboxylic acid groups (broad SMARTS) is 1. The first-order chi connectivity index (χ1) is 7.50. The van der Waals surface area contributed by atoms with E-state index in [4.69, 9.17) is 16.7 Å². The smallest absolute Gasteiger partial charge is 0.303 e. The SMILES string of the molecule is O=C(O)CCC=Cc1cc(Cl)cc(F)c1F. The highest BCUT2D eigenvalue weighted by Gasteiger charge is 2.07. The number of allylic oxidation sites excluding steroid dienone is 1. The fourth-order valence-corrected chi connectivity index (χ4v) is 1.33. The van der Waals surface area contributed by atoms with Crippen LogP contribution in [0.15, 0.2) is 18.2 Å². The molecule has 86 valence electrons. The van der Waals surface area contributed by atoms with Gasteiger partial charge < -0.3 is 5.11 Å². The highest BCUT2D eigenvalue weighted by molar-refractivity contribution is 6.30. The molecule has 0 aliphatic carbocycles. The summed E-state index contributed by atoms with van der Waals surface area (Å²) in [5, 5.41) is 8.46. The van der Waals surface area contributed by atoms with Crippen LogP contribution in [0.5, 0.6) is 0 Å². The van der Waals surface area contributed by atoms with Crippen LogP contribution >= 0.6 is 11.6 Å². The normalized spacial score (nSPS) is 10.9. The average Bonchev–Trinajstić information content (AvgIpc) is 2.19. The topological polar surface area (TPSA) is 37.3 Å². The van der Waals surface area contributed by atoms with Gasteiger partial charge in [-0.25, -0.2) is 8.78 Å². The Morgan fingerprint density at radius 1 is 1.44 bits per heavy atom. The van der Waals surface area contributed by atoms with E-state index in [1.54, 1.807) is 0 Å². The molecule has 0 aromatic heterocycles. The molecule has 0 unspecified atom stereocenters. The molecule has 0 amide bonds. The second kappa shape index (κ2) is 5.61. The molecule has 1 rings (SSSR count). The molecule has 0 atom stereocenters. The summed E-state index contributed by atoms with van der Waals surface area (Å²) in [5.41, 5.74) is 0.00962. The Kier molecular flexibility index (Phi) is 4.43. The number of rotatable bonds is 4. The van der Waals surface area contributed by atoms with Crippen molar-refractivity contribution in [1.82, 2.24) is 0 Å². The summed E-state index contributed by atoms with van der Waals surface area (Å²) in [4.78, 5) is 10.2. The van der Waals surface area contributed by atoms with Crippen molar-refractivity contribution in [2.75, 3.05) is 0 Å². The molecule has 0 saturated heterocycles. The van der Waals surface area contributed by atoms with Crippen LogP contribution in [0.1, 0.15) is 18.4 Å². The molecule has 16 heavy (non-hydrogen) atoms. The molecular weight excluding hydrogens is 238 g/mol. The molecule has 0 radical (unpaired) electrons. The summed E-state index contributed by atoms with van der Waals surface area (Å²) in [6, 6.07) is 2.16. The van der Waals surface area contributed by atoms with Crippen LogP contribution in [0.2, 0.25) is 5.02 Å². The Bertz CT molecular complexity index is 430. The van der Waals surface area contributed by atoms with Gasteiger partial charge in [0.05, 0.1) is 0 Å². The van der Waals surface area contributed by atoms with Crippen LogP contribution in [0.4, 0.5) is 8.78 Å². The van der Waals surface area contributed by atoms with E-state index >= 15 is 0 Å². The first-order valence-electron chi connectivity index (χ1n) is 4.53. The van der Waals surface area contributed by atoms with Crippen LogP contribution in [-0.4, -0.2) is 11.1 Å². The summed E-state index contributed by atoms with van der Waals surface area (Å²) >= 11 is 5.55. The standard InChI is InChI=1S/C11H9ClF2O2/c12-8-5-7(11(14)9(13)6-8)3-1-2-4-10(15)16/h1,3,5-6H,2,4H2,(H,15,16). The quantitative estimate of drug-likeness (QED) is 0.826. The van der Waals surface area contributed by atoms with Crippen molar-refractivity contribution >= 4 is 23.6 Å². The minimum Gasteiger partial charge on any atom is -0.481 e. The highest BCUT2D eigenvalue weighted by atomic mass is 35.5. The Balaban J connectivity index is 2.77. The van der Waals surface area contributed by atoms with Crippen molar-refractivity contribution in [1.29, 1.82) is 0 Å². The lowest BCUT2D eigenvalue weighted by molar-refractivity contribution is -0.136. The van der Waals surface area contributed by atoms with Gasteiger partial charge in [-0.15, -0.1) is 0 Å². The van der Waals surface area contributed by atoms with Crippen molar-refractivity contribution in [3.8, 4) is 0 Å². The van der Waals surface area contributed by atoms with Crippen molar-refractivity contribution in [3.05, 3.63) is 40.4 Å². The molecule has 0 aliphatic heterocycles. The molecule has 1 aromatic carbocycles. The van der Waals surface area contributed by atoms with E-state index in [2.05, 4.69) is 0 Å². The summed E-state index contributed by atoms with van der Waals surface area (Å²) in [7, 11) is 0. The molecule has 0 fully saturated rings. The van der Waals surface area contributed by atoms with E-state index in [9.17, 15) is 13.6 Å². The van der Waals surface area contributed by atoms with E-state index in [-0.39, 0.29) is 23.4 Å². The lowest BCUT2D eigenvalue weighted by Gasteiger charge is -1.99. The lowest BCUT2D eigenvalue weighted by atomic mass is 10.1. The zero-order chi connectivity index (χ0) is 12.1. The molecule has 1 aromatic rings. The van der Waals surface area contributed by atoms with Gasteiger partial charge in [0.1, 0.15) is 0 Å². The second-order valence-electron chi connectivity index (χ2n) is 3.13. The van der Waals surface area contributed by atoms with E-state index in [1.807, 2.05) is 0 Å². The molecule has 0 spiro atoms. The number of halogens is 3. The van der Waals surface area contributed by atoms with Crippen LogP contribution in [0.3, 0.4) is 0 Å². The first kappa shape index (κ1) is 12.6. The largest absolute Gasteiger partial charge is 0.481 e. The van der Waals surface area contributed by atoms with Gasteiger partial charge in [-0.3, -0.25) is 4.79 Å². The van der Waals surface area contributed by atoms with Crippen LogP contribution in [0.25, 0.3) is 6.08 Å². The van der Waals surface area contributed by atoms with Gasteiger partial charge in [-0.2, -0.15) is 0 Å². The highest BCUT2D eigenvalue weighted by Crippen LogP contribution is 2.20. The van der Waals surface area contributed by atoms with E-state index in [0.29, 0.717) is 0 Å². The molecule has 0 saturated carbocycles. The van der Waals surface area contributed by atoms with Crippen LogP contribution < -0.4 is 0 Å². The first-order valence-corrected chi connectivity index (χ1v) is 4.91. The second-order valence-corrected chi connectivity index (χ2v) is 3.56. The van der Waals surface area contributed by atoms with Gasteiger partial charge in [0.15, 0.2) is 11.6 Å².